The Labute approximate surface area is 124 Å². The van der Waals surface area contributed by atoms with E-state index in [1.807, 2.05) is 24.3 Å². The van der Waals surface area contributed by atoms with Crippen LogP contribution in [0.15, 0.2) is 24.3 Å². The lowest BCUT2D eigenvalue weighted by Gasteiger charge is -2.38. The number of carbonyl (C=O) groups excluding carboxylic acids is 2. The zero-order chi connectivity index (χ0) is 15.0. The number of amides is 2. The summed E-state index contributed by atoms with van der Waals surface area (Å²) in [6.45, 7) is 2.21. The van der Waals surface area contributed by atoms with Gasteiger partial charge >= 0.3 is 0 Å². The van der Waals surface area contributed by atoms with E-state index in [9.17, 15) is 9.59 Å². The van der Waals surface area contributed by atoms with Crippen molar-refractivity contribution < 1.29 is 14.3 Å². The summed E-state index contributed by atoms with van der Waals surface area (Å²) in [4.78, 5) is 26.4. The molecule has 2 fully saturated rings. The van der Waals surface area contributed by atoms with Crippen LogP contribution in [0, 0.1) is 5.92 Å². The van der Waals surface area contributed by atoms with Crippen LogP contribution in [0.25, 0.3) is 0 Å². The maximum Gasteiger partial charge on any atom is 0.245 e. The Bertz CT molecular complexity index is 551. The molecule has 1 aliphatic heterocycles. The molecule has 3 rings (SSSR count). The minimum Gasteiger partial charge on any atom is -0.497 e. The predicted molar refractivity (Wildman–Crippen MR) is 77.7 cm³/mol. The van der Waals surface area contributed by atoms with Crippen molar-refractivity contribution in [1.29, 1.82) is 0 Å². The van der Waals surface area contributed by atoms with Crippen LogP contribution >= 0.6 is 0 Å². The molecule has 2 unspecified atom stereocenters. The lowest BCUT2D eigenvalue weighted by molar-refractivity contribution is -0.150. The molecular formula is C16H20N2O3. The Balaban J connectivity index is 1.81. The van der Waals surface area contributed by atoms with Crippen LogP contribution in [0.5, 0.6) is 5.75 Å². The Morgan fingerprint density at radius 3 is 2.48 bits per heavy atom. The smallest absolute Gasteiger partial charge is 0.245 e. The third-order valence-corrected chi connectivity index (χ3v) is 4.20. The summed E-state index contributed by atoms with van der Waals surface area (Å²) >= 11 is 0. The van der Waals surface area contributed by atoms with Crippen LogP contribution < -0.4 is 10.1 Å². The van der Waals surface area contributed by atoms with Crippen LogP contribution in [0.3, 0.4) is 0 Å². The van der Waals surface area contributed by atoms with Gasteiger partial charge in [0.25, 0.3) is 0 Å². The Kier molecular flexibility index (Phi) is 3.57. The standard InChI is InChI=1S/C16H20N2O3/c1-10-16(20)18(14(12-5-6-12)15(19)17-10)9-11-3-7-13(21-2)8-4-11/h3-4,7-8,10,12,14H,5-6,9H2,1-2H3,(H,17,19). The molecule has 5 nitrogen and oxygen atoms in total. The molecule has 5 heteroatoms. The van der Waals surface area contributed by atoms with E-state index in [1.165, 1.54) is 0 Å². The van der Waals surface area contributed by atoms with Crippen LogP contribution in [0.4, 0.5) is 0 Å². The highest BCUT2D eigenvalue weighted by Gasteiger charge is 2.46. The van der Waals surface area contributed by atoms with Crippen LogP contribution in [-0.4, -0.2) is 35.9 Å². The summed E-state index contributed by atoms with van der Waals surface area (Å²) < 4.78 is 5.14. The molecule has 1 aliphatic carbocycles. The minimum atomic E-state index is -0.439. The number of nitrogens with zero attached hydrogens (tertiary/aromatic N) is 1. The monoisotopic (exact) mass is 288 g/mol. The molecule has 112 valence electrons. The first-order valence-electron chi connectivity index (χ1n) is 7.34. The largest absolute Gasteiger partial charge is 0.497 e. The molecule has 1 aromatic rings. The lowest BCUT2D eigenvalue weighted by atomic mass is 10.0. The molecule has 2 atom stereocenters. The van der Waals surface area contributed by atoms with Crippen molar-refractivity contribution in [2.24, 2.45) is 5.92 Å². The molecule has 2 amide bonds. The molecule has 1 saturated heterocycles. The molecule has 0 bridgehead atoms. The van der Waals surface area contributed by atoms with E-state index in [0.29, 0.717) is 12.5 Å². The average molecular weight is 288 g/mol. The third-order valence-electron chi connectivity index (χ3n) is 4.20. The molecule has 1 saturated carbocycles. The Morgan fingerprint density at radius 1 is 1.24 bits per heavy atom. The van der Waals surface area contributed by atoms with Crippen molar-refractivity contribution in [3.05, 3.63) is 29.8 Å². The van der Waals surface area contributed by atoms with Crippen molar-refractivity contribution in [3.8, 4) is 5.75 Å². The maximum absolute atomic E-state index is 12.4. The lowest BCUT2D eigenvalue weighted by Crippen LogP contribution is -2.62. The van der Waals surface area contributed by atoms with Crippen LogP contribution in [-0.2, 0) is 16.1 Å². The zero-order valence-electron chi connectivity index (χ0n) is 12.3. The van der Waals surface area contributed by atoms with Gasteiger partial charge in [-0.3, -0.25) is 9.59 Å². The van der Waals surface area contributed by atoms with Gasteiger partial charge < -0.3 is 15.0 Å². The Hall–Kier alpha value is -2.04. The van der Waals surface area contributed by atoms with E-state index in [1.54, 1.807) is 18.9 Å². The average Bonchev–Trinajstić information content (AvgIpc) is 3.30. The molecule has 0 aromatic heterocycles. The van der Waals surface area contributed by atoms with E-state index >= 15 is 0 Å². The first-order valence-corrected chi connectivity index (χ1v) is 7.34. The second-order valence-electron chi connectivity index (χ2n) is 5.83. The minimum absolute atomic E-state index is 0.00215. The number of rotatable bonds is 4. The highest BCUT2D eigenvalue weighted by Crippen LogP contribution is 2.37. The summed E-state index contributed by atoms with van der Waals surface area (Å²) in [6.07, 6.45) is 2.05. The number of methoxy groups -OCH3 is 1. The van der Waals surface area contributed by atoms with E-state index in [2.05, 4.69) is 5.32 Å². The van der Waals surface area contributed by atoms with Crippen molar-refractivity contribution in [1.82, 2.24) is 10.2 Å². The first-order chi connectivity index (χ1) is 10.1. The van der Waals surface area contributed by atoms with Crippen molar-refractivity contribution in [2.45, 2.75) is 38.4 Å². The fourth-order valence-electron chi connectivity index (χ4n) is 2.87. The topological polar surface area (TPSA) is 58.6 Å². The summed E-state index contributed by atoms with van der Waals surface area (Å²) in [5.41, 5.74) is 1.01. The number of piperazine rings is 1. The molecular weight excluding hydrogens is 268 g/mol. The second-order valence-corrected chi connectivity index (χ2v) is 5.83. The van der Waals surface area contributed by atoms with E-state index in [4.69, 9.17) is 4.74 Å². The quantitative estimate of drug-likeness (QED) is 0.909. The number of benzene rings is 1. The summed E-state index contributed by atoms with van der Waals surface area (Å²) in [7, 11) is 1.62. The highest BCUT2D eigenvalue weighted by molar-refractivity contribution is 5.97. The van der Waals surface area contributed by atoms with Crippen molar-refractivity contribution >= 4 is 11.8 Å². The molecule has 0 radical (unpaired) electrons. The van der Waals surface area contributed by atoms with Crippen molar-refractivity contribution in [2.75, 3.05) is 7.11 Å². The van der Waals surface area contributed by atoms with Gasteiger partial charge in [-0.1, -0.05) is 12.1 Å². The molecule has 2 aliphatic rings. The fourth-order valence-corrected chi connectivity index (χ4v) is 2.87. The first kappa shape index (κ1) is 13.9. The molecule has 1 heterocycles. The van der Waals surface area contributed by atoms with E-state index in [-0.39, 0.29) is 17.9 Å². The molecule has 1 N–H and O–H groups in total. The van der Waals surface area contributed by atoms with Gasteiger partial charge in [-0.15, -0.1) is 0 Å². The highest BCUT2D eigenvalue weighted by atomic mass is 16.5. The zero-order valence-corrected chi connectivity index (χ0v) is 12.3. The number of carbonyl (C=O) groups is 2. The number of nitrogens with one attached hydrogen (secondary N) is 1. The summed E-state index contributed by atoms with van der Waals surface area (Å²) in [5.74, 6) is 1.09. The van der Waals surface area contributed by atoms with Crippen LogP contribution in [0.2, 0.25) is 0 Å². The van der Waals surface area contributed by atoms with Gasteiger partial charge in [-0.2, -0.15) is 0 Å². The number of hydrogen-bond acceptors (Lipinski definition) is 3. The fraction of sp³-hybridized carbons (Fsp3) is 0.500. The predicted octanol–water partition coefficient (Wildman–Crippen LogP) is 1.32. The molecule has 1 aromatic carbocycles. The normalized spacial score (nSPS) is 25.7. The summed E-state index contributed by atoms with van der Waals surface area (Å²) in [6, 6.07) is 6.88. The maximum atomic E-state index is 12.4. The molecule has 21 heavy (non-hydrogen) atoms. The van der Waals surface area contributed by atoms with E-state index in [0.717, 1.165) is 24.2 Å². The van der Waals surface area contributed by atoms with Crippen LogP contribution in [0.1, 0.15) is 25.3 Å². The number of ether oxygens (including phenoxy) is 1. The Morgan fingerprint density at radius 2 is 1.90 bits per heavy atom. The van der Waals surface area contributed by atoms with E-state index < -0.39 is 6.04 Å². The van der Waals surface area contributed by atoms with Crippen molar-refractivity contribution in [3.63, 3.8) is 0 Å². The van der Waals surface area contributed by atoms with Gasteiger partial charge in [0.1, 0.15) is 17.8 Å². The second kappa shape index (κ2) is 5.39. The summed E-state index contributed by atoms with van der Waals surface area (Å²) in [5, 5.41) is 2.78. The molecule has 0 spiro atoms. The van der Waals surface area contributed by atoms with Gasteiger partial charge in [0.05, 0.1) is 7.11 Å². The SMILES string of the molecule is COc1ccc(CN2C(=O)C(C)NC(=O)C2C2CC2)cc1. The van der Waals surface area contributed by atoms with Gasteiger partial charge in [0.2, 0.25) is 11.8 Å². The van der Waals surface area contributed by atoms with Gasteiger partial charge in [-0.05, 0) is 43.4 Å². The van der Waals surface area contributed by atoms with Gasteiger partial charge in [0.15, 0.2) is 0 Å². The number of hydrogen-bond donors (Lipinski definition) is 1. The third kappa shape index (κ3) is 2.73. The van der Waals surface area contributed by atoms with Gasteiger partial charge in [-0.25, -0.2) is 0 Å². The van der Waals surface area contributed by atoms with Gasteiger partial charge in [0, 0.05) is 6.54 Å².